The molecule has 4 N–H and O–H groups in total. The summed E-state index contributed by atoms with van der Waals surface area (Å²) < 4.78 is 0. The van der Waals surface area contributed by atoms with E-state index in [1.807, 2.05) is 50.5 Å². The molecule has 0 aliphatic rings. The number of aliphatic hydroxyl groups excluding tert-OH is 1. The first-order valence-corrected chi connectivity index (χ1v) is 10.3. The molecule has 0 aliphatic carbocycles. The van der Waals surface area contributed by atoms with Gasteiger partial charge in [-0.25, -0.2) is 0 Å². The lowest BCUT2D eigenvalue weighted by Gasteiger charge is -2.22. The Labute approximate surface area is 183 Å². The third-order valence-corrected chi connectivity index (χ3v) is 5.11. The minimum atomic E-state index is -0.197. The van der Waals surface area contributed by atoms with Gasteiger partial charge in [0.2, 0.25) is 0 Å². The van der Waals surface area contributed by atoms with Gasteiger partial charge in [0.05, 0.1) is 18.0 Å². The van der Waals surface area contributed by atoms with Crippen molar-refractivity contribution in [2.24, 2.45) is 0 Å². The van der Waals surface area contributed by atoms with Gasteiger partial charge in [0, 0.05) is 45.0 Å². The summed E-state index contributed by atoms with van der Waals surface area (Å²) in [5.41, 5.74) is 11.0. The minimum Gasteiger partial charge on any atom is -0.397 e. The van der Waals surface area contributed by atoms with E-state index in [4.69, 9.17) is 5.73 Å². The molecule has 0 fully saturated rings. The van der Waals surface area contributed by atoms with E-state index in [2.05, 4.69) is 39.4 Å². The van der Waals surface area contributed by atoms with E-state index in [9.17, 15) is 9.90 Å². The van der Waals surface area contributed by atoms with E-state index in [0.29, 0.717) is 30.0 Å². The molecule has 0 aliphatic heterocycles. The zero-order chi connectivity index (χ0) is 22.2. The highest BCUT2D eigenvalue weighted by Gasteiger charge is 2.10. The van der Waals surface area contributed by atoms with Crippen LogP contribution in [0.5, 0.6) is 0 Å². The van der Waals surface area contributed by atoms with Gasteiger partial charge in [0.25, 0.3) is 5.91 Å². The Morgan fingerprint density at radius 2 is 1.48 bits per heavy atom. The van der Waals surface area contributed by atoms with Gasteiger partial charge in [0.15, 0.2) is 0 Å². The third-order valence-electron chi connectivity index (χ3n) is 5.11. The van der Waals surface area contributed by atoms with E-state index < -0.39 is 0 Å². The maximum Gasteiger partial charge on any atom is 0.255 e. The van der Waals surface area contributed by atoms with Gasteiger partial charge in [-0.15, -0.1) is 0 Å². The first-order chi connectivity index (χ1) is 15.0. The number of rotatable bonds is 9. The first kappa shape index (κ1) is 22.3. The van der Waals surface area contributed by atoms with E-state index in [1.165, 1.54) is 5.56 Å². The highest BCUT2D eigenvalue weighted by atomic mass is 16.3. The number of benzene rings is 3. The summed E-state index contributed by atoms with van der Waals surface area (Å²) in [6.07, 6.45) is 0. The Kier molecular flexibility index (Phi) is 7.65. The smallest absolute Gasteiger partial charge is 0.255 e. The molecular formula is C25H30N4O2. The van der Waals surface area contributed by atoms with Crippen LogP contribution in [0.4, 0.5) is 17.1 Å². The molecular weight excluding hydrogens is 388 g/mol. The lowest BCUT2D eigenvalue weighted by molar-refractivity contribution is 0.102. The van der Waals surface area contributed by atoms with E-state index in [0.717, 1.165) is 17.8 Å². The molecule has 0 saturated carbocycles. The maximum absolute atomic E-state index is 12.5. The molecule has 6 nitrogen and oxygen atoms in total. The summed E-state index contributed by atoms with van der Waals surface area (Å²) in [5, 5.41) is 12.3. The summed E-state index contributed by atoms with van der Waals surface area (Å²) in [4.78, 5) is 16.8. The maximum atomic E-state index is 12.5. The van der Waals surface area contributed by atoms with Gasteiger partial charge in [-0.05, 0) is 47.5 Å². The Morgan fingerprint density at radius 3 is 2.03 bits per heavy atom. The van der Waals surface area contributed by atoms with Gasteiger partial charge < -0.3 is 21.1 Å². The molecule has 6 heteroatoms. The van der Waals surface area contributed by atoms with E-state index in [1.54, 1.807) is 12.1 Å². The first-order valence-electron chi connectivity index (χ1n) is 10.3. The fraction of sp³-hybridized carbons (Fsp3) is 0.240. The fourth-order valence-electron chi connectivity index (χ4n) is 3.34. The summed E-state index contributed by atoms with van der Waals surface area (Å²) >= 11 is 0. The summed E-state index contributed by atoms with van der Waals surface area (Å²) in [7, 11) is 4.04. The van der Waals surface area contributed by atoms with Crippen molar-refractivity contribution in [3.8, 4) is 0 Å². The molecule has 0 radical (unpaired) electrons. The number of nitrogens with two attached hydrogens (primary N) is 1. The predicted octanol–water partition coefficient (Wildman–Crippen LogP) is 3.58. The van der Waals surface area contributed by atoms with Crippen LogP contribution in [0, 0.1) is 0 Å². The number of carbonyl (C=O) groups excluding carboxylic acids is 1. The van der Waals surface area contributed by atoms with Crippen LogP contribution in [-0.4, -0.2) is 43.2 Å². The highest BCUT2D eigenvalue weighted by molar-refractivity contribution is 6.05. The van der Waals surface area contributed by atoms with Crippen LogP contribution in [0.15, 0.2) is 72.8 Å². The van der Waals surface area contributed by atoms with Crippen LogP contribution in [0.2, 0.25) is 0 Å². The number of hydrogen-bond donors (Lipinski definition) is 3. The number of hydrogen-bond acceptors (Lipinski definition) is 5. The average Bonchev–Trinajstić information content (AvgIpc) is 2.76. The number of nitrogens with one attached hydrogen (secondary N) is 1. The number of anilines is 3. The summed E-state index contributed by atoms with van der Waals surface area (Å²) in [6.45, 7) is 2.09. The molecule has 3 aromatic rings. The second-order valence-corrected chi connectivity index (χ2v) is 7.73. The van der Waals surface area contributed by atoms with E-state index >= 15 is 0 Å². The van der Waals surface area contributed by atoms with Gasteiger partial charge >= 0.3 is 0 Å². The topological polar surface area (TPSA) is 81.8 Å². The van der Waals surface area contributed by atoms with Crippen LogP contribution in [0.25, 0.3) is 0 Å². The molecule has 0 aromatic heterocycles. The molecule has 3 rings (SSSR count). The van der Waals surface area contributed by atoms with Crippen LogP contribution >= 0.6 is 0 Å². The monoisotopic (exact) mass is 418 g/mol. The number of amides is 1. The van der Waals surface area contributed by atoms with Crippen LogP contribution in [0.3, 0.4) is 0 Å². The molecule has 0 unspecified atom stereocenters. The zero-order valence-corrected chi connectivity index (χ0v) is 18.1. The van der Waals surface area contributed by atoms with E-state index in [-0.39, 0.29) is 12.5 Å². The molecule has 0 saturated heterocycles. The quantitative estimate of drug-likeness (QED) is 0.463. The Hall–Kier alpha value is -3.35. The van der Waals surface area contributed by atoms with Crippen molar-refractivity contribution in [3.05, 3.63) is 89.5 Å². The lowest BCUT2D eigenvalue weighted by Crippen LogP contribution is -2.26. The molecule has 31 heavy (non-hydrogen) atoms. The molecule has 162 valence electrons. The van der Waals surface area contributed by atoms with Gasteiger partial charge in [-0.3, -0.25) is 9.69 Å². The Balaban J connectivity index is 1.63. The van der Waals surface area contributed by atoms with Crippen molar-refractivity contribution in [2.75, 3.05) is 43.2 Å². The predicted molar refractivity (Wildman–Crippen MR) is 127 cm³/mol. The summed E-state index contributed by atoms with van der Waals surface area (Å²) in [6, 6.07) is 23.1. The van der Waals surface area contributed by atoms with Crippen LogP contribution in [0.1, 0.15) is 21.5 Å². The SMILES string of the molecule is CN(C)c1ccc(CN(CCO)Cc2ccc(C(=O)Nc3ccccc3N)cc2)cc1. The van der Waals surface area contributed by atoms with Gasteiger partial charge in [-0.2, -0.15) is 0 Å². The minimum absolute atomic E-state index is 0.0920. The van der Waals surface area contributed by atoms with Gasteiger partial charge in [-0.1, -0.05) is 36.4 Å². The molecule has 0 atom stereocenters. The number of nitrogen functional groups attached to an aromatic ring is 1. The number of nitrogens with zero attached hydrogens (tertiary/aromatic N) is 2. The van der Waals surface area contributed by atoms with Crippen LogP contribution < -0.4 is 16.0 Å². The summed E-state index contributed by atoms with van der Waals surface area (Å²) in [5.74, 6) is -0.197. The third kappa shape index (κ3) is 6.31. The molecule has 3 aromatic carbocycles. The standard InChI is InChI=1S/C25H30N4O2/c1-28(2)22-13-9-20(10-14-22)18-29(15-16-30)17-19-7-11-21(12-8-19)25(31)27-24-6-4-3-5-23(24)26/h3-14,30H,15-18,26H2,1-2H3,(H,27,31). The van der Waals surface area contributed by atoms with Crippen molar-refractivity contribution in [1.29, 1.82) is 0 Å². The van der Waals surface area contributed by atoms with Crippen molar-refractivity contribution in [3.63, 3.8) is 0 Å². The normalized spacial score (nSPS) is 10.8. The zero-order valence-electron chi connectivity index (χ0n) is 18.1. The highest BCUT2D eigenvalue weighted by Crippen LogP contribution is 2.19. The second-order valence-electron chi connectivity index (χ2n) is 7.73. The number of para-hydroxylation sites is 2. The average molecular weight is 419 g/mol. The fourth-order valence-corrected chi connectivity index (χ4v) is 3.34. The number of aliphatic hydroxyl groups is 1. The second kappa shape index (κ2) is 10.6. The van der Waals surface area contributed by atoms with Crippen molar-refractivity contribution in [2.45, 2.75) is 13.1 Å². The molecule has 0 bridgehead atoms. The number of carbonyl (C=O) groups is 1. The molecule has 0 heterocycles. The van der Waals surface area contributed by atoms with Crippen molar-refractivity contribution < 1.29 is 9.90 Å². The van der Waals surface area contributed by atoms with Crippen molar-refractivity contribution >= 4 is 23.0 Å². The lowest BCUT2D eigenvalue weighted by atomic mass is 10.1. The Morgan fingerprint density at radius 1 is 0.903 bits per heavy atom. The van der Waals surface area contributed by atoms with Crippen molar-refractivity contribution in [1.82, 2.24) is 4.90 Å². The Bertz CT molecular complexity index is 985. The molecule has 0 spiro atoms. The van der Waals surface area contributed by atoms with Crippen LogP contribution in [-0.2, 0) is 13.1 Å². The largest absolute Gasteiger partial charge is 0.397 e. The molecule has 1 amide bonds. The van der Waals surface area contributed by atoms with Gasteiger partial charge in [0.1, 0.15) is 0 Å².